The molecule has 1 N–H and O–H groups in total. The van der Waals surface area contributed by atoms with Crippen LogP contribution in [0.25, 0.3) is 22.4 Å². The van der Waals surface area contributed by atoms with E-state index in [1.165, 1.54) is 0 Å². The van der Waals surface area contributed by atoms with Crippen molar-refractivity contribution in [3.05, 3.63) is 71.3 Å². The van der Waals surface area contributed by atoms with Gasteiger partial charge in [0, 0.05) is 36.1 Å². The molecular weight excluding hydrogens is 406 g/mol. The molecule has 32 heavy (non-hydrogen) atoms. The maximum Gasteiger partial charge on any atom is 0.329 e. The first-order valence-electron chi connectivity index (χ1n) is 11.0. The molecule has 1 aromatic carbocycles. The monoisotopic (exact) mass is 433 g/mol. The van der Waals surface area contributed by atoms with E-state index in [1.54, 1.807) is 23.1 Å². The molecule has 0 aliphatic heterocycles. The van der Waals surface area contributed by atoms with Gasteiger partial charge >= 0.3 is 5.97 Å². The van der Waals surface area contributed by atoms with Crippen LogP contribution < -0.4 is 5.56 Å². The Hall–Kier alpha value is -3.32. The molecule has 2 heterocycles. The van der Waals surface area contributed by atoms with Crippen LogP contribution in [0.2, 0.25) is 0 Å². The van der Waals surface area contributed by atoms with Crippen LogP contribution in [0.1, 0.15) is 25.7 Å². The lowest BCUT2D eigenvalue weighted by Gasteiger charge is -2.28. The number of pyridine rings is 1. The third-order valence-corrected chi connectivity index (χ3v) is 5.99. The van der Waals surface area contributed by atoms with Gasteiger partial charge in [-0.2, -0.15) is 5.10 Å². The first-order valence-corrected chi connectivity index (χ1v) is 11.0. The summed E-state index contributed by atoms with van der Waals surface area (Å²) in [5, 5.41) is 13.5. The zero-order chi connectivity index (χ0) is 22.3. The Bertz CT molecular complexity index is 1090. The maximum atomic E-state index is 12.9. The molecule has 0 saturated heterocycles. The lowest BCUT2D eigenvalue weighted by atomic mass is 9.82. The van der Waals surface area contributed by atoms with Crippen molar-refractivity contribution < 1.29 is 14.6 Å². The van der Waals surface area contributed by atoms with Crippen molar-refractivity contribution in [2.75, 3.05) is 13.2 Å². The van der Waals surface area contributed by atoms with Crippen LogP contribution in [0.5, 0.6) is 0 Å². The largest absolute Gasteiger partial charge is 0.480 e. The first kappa shape index (κ1) is 21.9. The van der Waals surface area contributed by atoms with E-state index in [0.29, 0.717) is 25.0 Å². The molecule has 0 bridgehead atoms. The second kappa shape index (κ2) is 10.3. The molecule has 1 aliphatic carbocycles. The van der Waals surface area contributed by atoms with E-state index in [0.717, 1.165) is 48.1 Å². The fourth-order valence-electron chi connectivity index (χ4n) is 4.31. The molecule has 4 rings (SSSR count). The molecule has 3 aromatic rings. The third-order valence-electron chi connectivity index (χ3n) is 5.99. The summed E-state index contributed by atoms with van der Waals surface area (Å²) in [5.41, 5.74) is 3.27. The van der Waals surface area contributed by atoms with E-state index < -0.39 is 5.97 Å². The van der Waals surface area contributed by atoms with Gasteiger partial charge in [-0.05, 0) is 55.2 Å². The summed E-state index contributed by atoms with van der Waals surface area (Å²) in [6.45, 7) is 0.808. The molecule has 1 fully saturated rings. The van der Waals surface area contributed by atoms with E-state index in [4.69, 9.17) is 14.9 Å². The highest BCUT2D eigenvalue weighted by Crippen LogP contribution is 2.31. The van der Waals surface area contributed by atoms with Crippen LogP contribution in [0, 0.1) is 11.8 Å². The minimum Gasteiger partial charge on any atom is -0.480 e. The normalized spacial score (nSPS) is 18.4. The number of hydrogen-bond acceptors (Lipinski definition) is 5. The van der Waals surface area contributed by atoms with Crippen LogP contribution in [0.15, 0.2) is 65.7 Å². The van der Waals surface area contributed by atoms with Crippen LogP contribution >= 0.6 is 0 Å². The van der Waals surface area contributed by atoms with Crippen LogP contribution in [-0.4, -0.2) is 39.1 Å². The minimum atomic E-state index is -0.937. The Labute approximate surface area is 186 Å². The summed E-state index contributed by atoms with van der Waals surface area (Å²) >= 11 is 0. The van der Waals surface area contributed by atoms with E-state index in [1.807, 2.05) is 42.5 Å². The fourth-order valence-corrected chi connectivity index (χ4v) is 4.31. The third kappa shape index (κ3) is 5.48. The predicted octanol–water partition coefficient (Wildman–Crippen LogP) is 3.88. The average Bonchev–Trinajstić information content (AvgIpc) is 2.82. The standard InChI is InChI=1S/C25H27N3O4/c29-23-13-22(20-5-2-1-3-6-20)25(21-7-4-12-26-14-21)27-28(23)15-18-8-10-19(11-9-18)16-32-17-24(30)31/h1-7,12-14,18-19H,8-11,15-17H2,(H,30,31). The van der Waals surface area contributed by atoms with Gasteiger partial charge in [0.2, 0.25) is 0 Å². The highest BCUT2D eigenvalue weighted by Gasteiger charge is 2.23. The zero-order valence-electron chi connectivity index (χ0n) is 17.9. The Kier molecular flexibility index (Phi) is 7.07. The molecule has 166 valence electrons. The Morgan fingerprint density at radius 1 is 1.03 bits per heavy atom. The molecule has 2 aromatic heterocycles. The summed E-state index contributed by atoms with van der Waals surface area (Å²) in [5.74, 6) is -0.200. The predicted molar refractivity (Wildman–Crippen MR) is 121 cm³/mol. The van der Waals surface area contributed by atoms with Gasteiger partial charge in [0.1, 0.15) is 12.3 Å². The molecule has 0 radical (unpaired) electrons. The second-order valence-electron chi connectivity index (χ2n) is 8.33. The summed E-state index contributed by atoms with van der Waals surface area (Å²) < 4.78 is 6.84. The van der Waals surface area contributed by atoms with Crippen molar-refractivity contribution in [3.63, 3.8) is 0 Å². The minimum absolute atomic E-state index is 0.108. The molecule has 0 spiro atoms. The van der Waals surface area contributed by atoms with Gasteiger partial charge in [-0.1, -0.05) is 30.3 Å². The number of benzene rings is 1. The van der Waals surface area contributed by atoms with Crippen molar-refractivity contribution in [1.29, 1.82) is 0 Å². The van der Waals surface area contributed by atoms with Gasteiger partial charge in [-0.25, -0.2) is 9.48 Å². The van der Waals surface area contributed by atoms with Crippen LogP contribution in [-0.2, 0) is 16.1 Å². The molecule has 7 heteroatoms. The molecule has 1 saturated carbocycles. The Balaban J connectivity index is 1.52. The number of aromatic nitrogens is 3. The summed E-state index contributed by atoms with van der Waals surface area (Å²) in [4.78, 5) is 27.8. The average molecular weight is 434 g/mol. The number of aliphatic carboxylic acids is 1. The Morgan fingerprint density at radius 3 is 2.44 bits per heavy atom. The summed E-state index contributed by atoms with van der Waals surface area (Å²) in [6, 6.07) is 15.3. The van der Waals surface area contributed by atoms with E-state index >= 15 is 0 Å². The number of carbonyl (C=O) groups is 1. The zero-order valence-corrected chi connectivity index (χ0v) is 17.9. The molecular formula is C25H27N3O4. The molecule has 0 amide bonds. The number of ether oxygens (including phenoxy) is 1. The SMILES string of the molecule is O=C(O)COCC1CCC(Cn2nc(-c3cccnc3)c(-c3ccccc3)cc2=O)CC1. The van der Waals surface area contributed by atoms with E-state index in [9.17, 15) is 9.59 Å². The number of hydrogen-bond donors (Lipinski definition) is 1. The van der Waals surface area contributed by atoms with Gasteiger partial charge in [0.25, 0.3) is 5.56 Å². The van der Waals surface area contributed by atoms with Crippen molar-refractivity contribution in [1.82, 2.24) is 14.8 Å². The van der Waals surface area contributed by atoms with Crippen LogP contribution in [0.4, 0.5) is 0 Å². The van der Waals surface area contributed by atoms with Crippen molar-refractivity contribution in [2.45, 2.75) is 32.2 Å². The molecule has 1 aliphatic rings. The summed E-state index contributed by atoms with van der Waals surface area (Å²) in [7, 11) is 0. The van der Waals surface area contributed by atoms with Crippen molar-refractivity contribution in [2.24, 2.45) is 11.8 Å². The van der Waals surface area contributed by atoms with Gasteiger partial charge in [-0.3, -0.25) is 9.78 Å². The maximum absolute atomic E-state index is 12.9. The second-order valence-corrected chi connectivity index (χ2v) is 8.33. The number of rotatable bonds is 8. The quantitative estimate of drug-likeness (QED) is 0.579. The van der Waals surface area contributed by atoms with E-state index in [2.05, 4.69) is 4.98 Å². The smallest absolute Gasteiger partial charge is 0.329 e. The number of nitrogens with zero attached hydrogens (tertiary/aromatic N) is 3. The topological polar surface area (TPSA) is 94.3 Å². The summed E-state index contributed by atoms with van der Waals surface area (Å²) in [6.07, 6.45) is 7.37. The fraction of sp³-hybridized carbons (Fsp3) is 0.360. The molecule has 0 atom stereocenters. The van der Waals surface area contributed by atoms with Crippen molar-refractivity contribution >= 4 is 5.97 Å². The van der Waals surface area contributed by atoms with Gasteiger partial charge < -0.3 is 9.84 Å². The lowest BCUT2D eigenvalue weighted by molar-refractivity contribution is -0.142. The first-order chi connectivity index (χ1) is 15.6. The highest BCUT2D eigenvalue weighted by atomic mass is 16.5. The highest BCUT2D eigenvalue weighted by molar-refractivity contribution is 5.79. The lowest BCUT2D eigenvalue weighted by Crippen LogP contribution is -2.29. The number of carboxylic acids is 1. The van der Waals surface area contributed by atoms with Gasteiger partial charge in [-0.15, -0.1) is 0 Å². The van der Waals surface area contributed by atoms with E-state index in [-0.39, 0.29) is 12.2 Å². The van der Waals surface area contributed by atoms with Gasteiger partial charge in [0.15, 0.2) is 0 Å². The van der Waals surface area contributed by atoms with Crippen LogP contribution in [0.3, 0.4) is 0 Å². The van der Waals surface area contributed by atoms with Crippen molar-refractivity contribution in [3.8, 4) is 22.4 Å². The molecule has 0 unspecified atom stereocenters. The molecule has 7 nitrogen and oxygen atoms in total. The van der Waals surface area contributed by atoms with Gasteiger partial charge in [0.05, 0.1) is 6.61 Å². The Morgan fingerprint density at radius 2 is 1.75 bits per heavy atom. The number of carboxylic acid groups (broad SMARTS) is 1.